The molecule has 0 saturated heterocycles. The molecule has 0 aliphatic heterocycles. The number of hydrogen-bond acceptors (Lipinski definition) is 2. The van der Waals surface area contributed by atoms with Crippen LogP contribution in [0.2, 0.25) is 0 Å². The Kier molecular flexibility index (Phi) is 7.00. The zero-order valence-electron chi connectivity index (χ0n) is 7.79. The lowest BCUT2D eigenvalue weighted by atomic mass is 10.3. The molecule has 0 amide bonds. The summed E-state index contributed by atoms with van der Waals surface area (Å²) < 4.78 is 5.47. The lowest BCUT2D eigenvalue weighted by molar-refractivity contribution is 0.309. The second-order valence-corrected chi connectivity index (χ2v) is 3.21. The van der Waals surface area contributed by atoms with Crippen LogP contribution in [0.1, 0.15) is 19.8 Å². The van der Waals surface area contributed by atoms with Gasteiger partial charge in [0.15, 0.2) is 0 Å². The molecule has 0 N–H and O–H groups in total. The first-order valence-electron chi connectivity index (χ1n) is 4.24. The van der Waals surface area contributed by atoms with Crippen molar-refractivity contribution in [3.05, 3.63) is 24.3 Å². The van der Waals surface area contributed by atoms with Crippen molar-refractivity contribution in [3.63, 3.8) is 0 Å². The van der Waals surface area contributed by atoms with Crippen molar-refractivity contribution in [1.29, 1.82) is 0 Å². The summed E-state index contributed by atoms with van der Waals surface area (Å²) in [5.74, 6) is 0.932. The van der Waals surface area contributed by atoms with Crippen molar-refractivity contribution in [3.8, 4) is 5.75 Å². The molecule has 0 aliphatic carbocycles. The molecule has 1 aromatic rings. The standard InChI is InChI=1S/C10H14OS.H2S/c1-2-3-8-11-9-4-6-10(12)7-5-9;/h4-7,12H,2-3,8H2,1H3;1H2. The zero-order chi connectivity index (χ0) is 8.81. The Morgan fingerprint density at radius 1 is 1.23 bits per heavy atom. The largest absolute Gasteiger partial charge is 0.494 e. The normalized spacial score (nSPS) is 9.08. The van der Waals surface area contributed by atoms with Crippen LogP contribution in [0.15, 0.2) is 29.2 Å². The van der Waals surface area contributed by atoms with E-state index in [2.05, 4.69) is 19.6 Å². The molecule has 1 rings (SSSR count). The van der Waals surface area contributed by atoms with E-state index in [1.165, 1.54) is 6.42 Å². The highest BCUT2D eigenvalue weighted by Gasteiger charge is 1.91. The number of ether oxygens (including phenoxy) is 1. The molecule has 1 aromatic carbocycles. The molecule has 0 bridgehead atoms. The molecule has 0 atom stereocenters. The predicted molar refractivity (Wildman–Crippen MR) is 64.5 cm³/mol. The summed E-state index contributed by atoms with van der Waals surface area (Å²) in [6.07, 6.45) is 2.28. The second kappa shape index (κ2) is 7.15. The van der Waals surface area contributed by atoms with E-state index in [1.54, 1.807) is 0 Å². The van der Waals surface area contributed by atoms with Gasteiger partial charge in [-0.05, 0) is 30.7 Å². The second-order valence-electron chi connectivity index (χ2n) is 2.70. The van der Waals surface area contributed by atoms with Gasteiger partial charge in [-0.2, -0.15) is 13.5 Å². The molecule has 74 valence electrons. The average molecular weight is 216 g/mol. The van der Waals surface area contributed by atoms with Gasteiger partial charge in [0.05, 0.1) is 6.61 Å². The molecule has 1 nitrogen and oxygen atoms in total. The Balaban J connectivity index is 0.00000144. The van der Waals surface area contributed by atoms with Crippen LogP contribution in [0.25, 0.3) is 0 Å². The van der Waals surface area contributed by atoms with Crippen LogP contribution in [0.3, 0.4) is 0 Å². The monoisotopic (exact) mass is 216 g/mol. The lowest BCUT2D eigenvalue weighted by Gasteiger charge is -2.04. The molecule has 13 heavy (non-hydrogen) atoms. The Labute approximate surface area is 92.4 Å². The van der Waals surface area contributed by atoms with Crippen LogP contribution in [0.4, 0.5) is 0 Å². The van der Waals surface area contributed by atoms with Gasteiger partial charge in [0.1, 0.15) is 5.75 Å². The van der Waals surface area contributed by atoms with Crippen molar-refractivity contribution in [2.45, 2.75) is 24.7 Å². The highest BCUT2D eigenvalue weighted by atomic mass is 32.1. The summed E-state index contributed by atoms with van der Waals surface area (Å²) in [6, 6.07) is 7.75. The molecule has 0 saturated carbocycles. The Morgan fingerprint density at radius 3 is 2.38 bits per heavy atom. The van der Waals surface area contributed by atoms with Crippen molar-refractivity contribution >= 4 is 26.1 Å². The Morgan fingerprint density at radius 2 is 1.85 bits per heavy atom. The topological polar surface area (TPSA) is 9.23 Å². The van der Waals surface area contributed by atoms with Crippen molar-refractivity contribution < 1.29 is 4.74 Å². The van der Waals surface area contributed by atoms with Crippen molar-refractivity contribution in [2.24, 2.45) is 0 Å². The van der Waals surface area contributed by atoms with Gasteiger partial charge in [-0.25, -0.2) is 0 Å². The average Bonchev–Trinajstić information content (AvgIpc) is 2.09. The number of hydrogen-bond donors (Lipinski definition) is 1. The third kappa shape index (κ3) is 5.11. The van der Waals surface area contributed by atoms with E-state index in [9.17, 15) is 0 Å². The fraction of sp³-hybridized carbons (Fsp3) is 0.400. The summed E-state index contributed by atoms with van der Waals surface area (Å²) in [4.78, 5) is 0.970. The van der Waals surface area contributed by atoms with E-state index in [-0.39, 0.29) is 13.5 Å². The van der Waals surface area contributed by atoms with Crippen LogP contribution >= 0.6 is 26.1 Å². The summed E-state index contributed by atoms with van der Waals surface area (Å²) in [5, 5.41) is 0. The summed E-state index contributed by atoms with van der Waals surface area (Å²) in [5.41, 5.74) is 0. The number of unbranched alkanes of at least 4 members (excludes halogenated alkanes) is 1. The molecular weight excluding hydrogens is 200 g/mol. The first-order valence-corrected chi connectivity index (χ1v) is 4.69. The molecule has 0 heterocycles. The highest BCUT2D eigenvalue weighted by Crippen LogP contribution is 2.14. The first kappa shape index (κ1) is 12.7. The Hall–Kier alpha value is -0.280. The number of thiol groups is 1. The van der Waals surface area contributed by atoms with Crippen molar-refractivity contribution in [1.82, 2.24) is 0 Å². The molecule has 0 fully saturated rings. The smallest absolute Gasteiger partial charge is 0.119 e. The predicted octanol–water partition coefficient (Wildman–Crippen LogP) is 3.27. The van der Waals surface area contributed by atoms with Gasteiger partial charge >= 0.3 is 0 Å². The minimum Gasteiger partial charge on any atom is -0.494 e. The summed E-state index contributed by atoms with van der Waals surface area (Å²) >= 11 is 4.19. The molecule has 0 aliphatic rings. The minimum atomic E-state index is 0. The first-order chi connectivity index (χ1) is 5.83. The van der Waals surface area contributed by atoms with E-state index in [1.807, 2.05) is 24.3 Å². The van der Waals surface area contributed by atoms with Crippen molar-refractivity contribution in [2.75, 3.05) is 6.61 Å². The molecule has 0 radical (unpaired) electrons. The van der Waals surface area contributed by atoms with Gasteiger partial charge in [0.2, 0.25) is 0 Å². The molecule has 0 aromatic heterocycles. The SMILES string of the molecule is CCCCOc1ccc(S)cc1.S. The maximum atomic E-state index is 5.47. The third-order valence-corrected chi connectivity index (χ3v) is 1.90. The molecule has 0 unspecified atom stereocenters. The van der Waals surface area contributed by atoms with E-state index >= 15 is 0 Å². The summed E-state index contributed by atoms with van der Waals surface area (Å²) in [7, 11) is 0. The van der Waals surface area contributed by atoms with E-state index in [0.717, 1.165) is 23.7 Å². The van der Waals surface area contributed by atoms with Gasteiger partial charge in [-0.3, -0.25) is 0 Å². The lowest BCUT2D eigenvalue weighted by Crippen LogP contribution is -1.95. The number of benzene rings is 1. The molecule has 0 spiro atoms. The molecular formula is C10H16OS2. The van der Waals surface area contributed by atoms with Gasteiger partial charge in [-0.1, -0.05) is 13.3 Å². The van der Waals surface area contributed by atoms with Gasteiger partial charge in [-0.15, -0.1) is 12.6 Å². The quantitative estimate of drug-likeness (QED) is 0.600. The summed E-state index contributed by atoms with van der Waals surface area (Å²) in [6.45, 7) is 2.96. The van der Waals surface area contributed by atoms with E-state index in [0.29, 0.717) is 0 Å². The maximum absolute atomic E-state index is 5.47. The fourth-order valence-corrected chi connectivity index (χ4v) is 1.03. The zero-order valence-corrected chi connectivity index (χ0v) is 9.68. The van der Waals surface area contributed by atoms with E-state index < -0.39 is 0 Å². The fourth-order valence-electron chi connectivity index (χ4n) is 0.877. The number of rotatable bonds is 4. The van der Waals surface area contributed by atoms with Crippen LogP contribution in [-0.2, 0) is 0 Å². The van der Waals surface area contributed by atoms with Crippen LogP contribution in [0, 0.1) is 0 Å². The maximum Gasteiger partial charge on any atom is 0.119 e. The van der Waals surface area contributed by atoms with Gasteiger partial charge in [0, 0.05) is 4.90 Å². The molecule has 3 heteroatoms. The van der Waals surface area contributed by atoms with Crippen LogP contribution in [-0.4, -0.2) is 6.61 Å². The minimum absolute atomic E-state index is 0. The third-order valence-electron chi connectivity index (χ3n) is 1.60. The van der Waals surface area contributed by atoms with Gasteiger partial charge < -0.3 is 4.74 Å². The van der Waals surface area contributed by atoms with Crippen LogP contribution < -0.4 is 4.74 Å². The van der Waals surface area contributed by atoms with Crippen LogP contribution in [0.5, 0.6) is 5.75 Å². The highest BCUT2D eigenvalue weighted by molar-refractivity contribution is 7.80. The van der Waals surface area contributed by atoms with Gasteiger partial charge in [0.25, 0.3) is 0 Å². The Bertz CT molecular complexity index is 221. The van der Waals surface area contributed by atoms with E-state index in [4.69, 9.17) is 4.74 Å².